The zero-order valence-corrected chi connectivity index (χ0v) is 19.1. The van der Waals surface area contributed by atoms with Gasteiger partial charge in [-0.25, -0.2) is 9.78 Å². The van der Waals surface area contributed by atoms with Crippen LogP contribution in [0.15, 0.2) is 46.7 Å². The summed E-state index contributed by atoms with van der Waals surface area (Å²) in [5.74, 6) is -1.48. The van der Waals surface area contributed by atoms with Crippen LogP contribution in [-0.2, 0) is 33.9 Å². The van der Waals surface area contributed by atoms with Crippen LogP contribution in [0.5, 0.6) is 0 Å². The summed E-state index contributed by atoms with van der Waals surface area (Å²) >= 11 is 2.96. The third-order valence-electron chi connectivity index (χ3n) is 5.89. The van der Waals surface area contributed by atoms with E-state index in [0.29, 0.717) is 9.80 Å². The number of imidazole rings is 1. The number of hydrogen-bond donors (Lipinski definition) is 1. The summed E-state index contributed by atoms with van der Waals surface area (Å²) in [4.78, 5) is 41.7. The highest BCUT2D eigenvalue weighted by atomic mass is 32.2. The van der Waals surface area contributed by atoms with Crippen LogP contribution in [0.2, 0.25) is 0 Å². The molecule has 2 aromatic rings. The summed E-state index contributed by atoms with van der Waals surface area (Å²) in [5.41, 5.74) is 1.90. The second-order valence-corrected chi connectivity index (χ2v) is 10.8. The Labute approximate surface area is 197 Å². The number of benzene rings is 1. The van der Waals surface area contributed by atoms with Crippen LogP contribution < -0.4 is 0 Å². The predicted molar refractivity (Wildman–Crippen MR) is 121 cm³/mol. The van der Waals surface area contributed by atoms with Crippen molar-refractivity contribution in [2.24, 2.45) is 5.92 Å². The van der Waals surface area contributed by atoms with Crippen molar-refractivity contribution in [3.8, 4) is 0 Å². The van der Waals surface area contributed by atoms with E-state index in [1.165, 1.54) is 40.9 Å². The number of thioether (sulfide) groups is 2. The topological polar surface area (TPSA) is 128 Å². The first kappa shape index (κ1) is 22.0. The summed E-state index contributed by atoms with van der Waals surface area (Å²) in [5, 5.41) is 20.7. The number of aromatic nitrogens is 2. The monoisotopic (exact) mass is 488 g/mol. The van der Waals surface area contributed by atoms with Crippen LogP contribution in [0.1, 0.15) is 18.2 Å². The van der Waals surface area contributed by atoms with E-state index in [1.54, 1.807) is 25.0 Å². The molecule has 0 spiro atoms. The molecular weight excluding hydrogens is 468 g/mol. The number of nitrogens with zero attached hydrogens (tertiary/aromatic N) is 4. The maximum Gasteiger partial charge on any atom is 0.357 e. The summed E-state index contributed by atoms with van der Waals surface area (Å²) in [7, 11) is 0. The van der Waals surface area contributed by atoms with Gasteiger partial charge in [0, 0.05) is 42.2 Å². The van der Waals surface area contributed by atoms with E-state index >= 15 is 0 Å². The molecule has 4 heterocycles. The number of carbonyl (C=O) groups excluding carboxylic acids is 2. The lowest BCUT2D eigenvalue weighted by Crippen LogP contribution is -2.60. The van der Waals surface area contributed by atoms with Gasteiger partial charge in [-0.1, -0.05) is 11.8 Å². The molecule has 0 bridgehead atoms. The number of hydrogen-bond acceptors (Lipinski definition) is 9. The number of nitro groups is 1. The van der Waals surface area contributed by atoms with Gasteiger partial charge in [0.05, 0.1) is 27.5 Å². The molecule has 1 amide bonds. The minimum atomic E-state index is -0.814. The SMILES string of the molecule is C[C@@H](O)[C@H]1C(=O)N2C(C(=O)OCc3ccc([N+](=O)[O-])cc3)=C(SC3Cc4cncn4C3)S[C@H]12. The average molecular weight is 489 g/mol. The fourth-order valence-electron chi connectivity index (χ4n) is 4.18. The number of rotatable bonds is 7. The minimum absolute atomic E-state index is 0.0472. The lowest BCUT2D eigenvalue weighted by Gasteiger charge is -2.43. The van der Waals surface area contributed by atoms with E-state index < -0.39 is 22.9 Å². The van der Waals surface area contributed by atoms with Gasteiger partial charge < -0.3 is 14.4 Å². The van der Waals surface area contributed by atoms with Gasteiger partial charge >= 0.3 is 5.97 Å². The number of ether oxygens (including phenoxy) is 1. The van der Waals surface area contributed by atoms with Gasteiger partial charge in [-0.15, -0.1) is 11.8 Å². The quantitative estimate of drug-likeness (QED) is 0.270. The second-order valence-electron chi connectivity index (χ2n) is 8.10. The molecule has 1 N–H and O–H groups in total. The molecule has 5 rings (SSSR count). The van der Waals surface area contributed by atoms with Gasteiger partial charge in [0.2, 0.25) is 5.91 Å². The number of esters is 1. The largest absolute Gasteiger partial charge is 0.456 e. The molecule has 172 valence electrons. The summed E-state index contributed by atoms with van der Waals surface area (Å²) < 4.78 is 8.27. The number of amides is 1. The highest BCUT2D eigenvalue weighted by Gasteiger charge is 2.58. The van der Waals surface area contributed by atoms with Crippen molar-refractivity contribution in [2.75, 3.05) is 0 Å². The van der Waals surface area contributed by atoms with Crippen LogP contribution in [0, 0.1) is 16.0 Å². The fraction of sp³-hybridized carbons (Fsp3) is 0.381. The van der Waals surface area contributed by atoms with Crippen LogP contribution in [0.3, 0.4) is 0 Å². The standard InChI is InChI=1S/C21H20N4O6S2/c1-11(26)16-18(27)24-17(20(28)31-9-12-2-4-13(5-3-12)25(29)30)21(33-19(16)24)32-15-6-14-7-22-10-23(14)8-15/h2-5,7,10-11,15-16,19,26H,6,8-9H2,1H3/t11-,15?,16+,19-/m1/s1. The van der Waals surface area contributed by atoms with Gasteiger partial charge in [0.15, 0.2) is 5.70 Å². The third-order valence-corrected chi connectivity index (χ3v) is 8.67. The average Bonchev–Trinajstić information content (AvgIpc) is 3.44. The molecule has 0 radical (unpaired) electrons. The number of carbonyl (C=O) groups is 2. The molecule has 1 saturated heterocycles. The first-order valence-electron chi connectivity index (χ1n) is 10.3. The Morgan fingerprint density at radius 2 is 2.18 bits per heavy atom. The van der Waals surface area contributed by atoms with E-state index in [4.69, 9.17) is 4.74 Å². The molecule has 4 atom stereocenters. The molecule has 10 nitrogen and oxygen atoms in total. The Morgan fingerprint density at radius 3 is 2.85 bits per heavy atom. The molecule has 1 aromatic heterocycles. The Hall–Kier alpha value is -2.83. The van der Waals surface area contributed by atoms with E-state index in [2.05, 4.69) is 9.55 Å². The van der Waals surface area contributed by atoms with Crippen molar-refractivity contribution < 1.29 is 24.4 Å². The number of aliphatic hydroxyl groups excluding tert-OH is 1. The highest BCUT2D eigenvalue weighted by Crippen LogP contribution is 2.55. The zero-order valence-electron chi connectivity index (χ0n) is 17.5. The van der Waals surface area contributed by atoms with Crippen LogP contribution in [0.25, 0.3) is 0 Å². The summed E-state index contributed by atoms with van der Waals surface area (Å²) in [6, 6.07) is 5.76. The number of nitro benzene ring substituents is 1. The van der Waals surface area contributed by atoms with Crippen LogP contribution in [-0.4, -0.2) is 53.1 Å². The van der Waals surface area contributed by atoms with Gasteiger partial charge in [-0.05, 0) is 24.6 Å². The Bertz CT molecular complexity index is 1140. The molecule has 3 aliphatic heterocycles. The number of fused-ring (bicyclic) bond motifs is 2. The van der Waals surface area contributed by atoms with Crippen molar-refractivity contribution >= 4 is 41.1 Å². The van der Waals surface area contributed by atoms with Gasteiger partial charge in [0.25, 0.3) is 5.69 Å². The van der Waals surface area contributed by atoms with Gasteiger partial charge in [-0.2, -0.15) is 0 Å². The van der Waals surface area contributed by atoms with Crippen molar-refractivity contribution in [3.63, 3.8) is 0 Å². The molecule has 0 saturated carbocycles. The Morgan fingerprint density at radius 1 is 1.42 bits per heavy atom. The van der Waals surface area contributed by atoms with Crippen LogP contribution >= 0.6 is 23.5 Å². The van der Waals surface area contributed by atoms with Crippen molar-refractivity contribution in [1.82, 2.24) is 14.5 Å². The molecular formula is C21H20N4O6S2. The van der Waals surface area contributed by atoms with E-state index in [0.717, 1.165) is 18.7 Å². The molecule has 3 aliphatic rings. The third kappa shape index (κ3) is 3.91. The molecule has 1 unspecified atom stereocenters. The summed E-state index contributed by atoms with van der Waals surface area (Å²) in [6.45, 7) is 2.26. The molecule has 12 heteroatoms. The smallest absolute Gasteiger partial charge is 0.357 e. The van der Waals surface area contributed by atoms with Crippen molar-refractivity contribution in [2.45, 2.75) is 43.2 Å². The number of non-ortho nitro benzene ring substituents is 1. The van der Waals surface area contributed by atoms with Crippen molar-refractivity contribution in [3.05, 3.63) is 68.1 Å². The maximum absolute atomic E-state index is 13.1. The molecule has 0 aliphatic carbocycles. The molecule has 1 aromatic carbocycles. The predicted octanol–water partition coefficient (Wildman–Crippen LogP) is 2.27. The normalized spacial score (nSPS) is 24.4. The van der Waals surface area contributed by atoms with Gasteiger partial charge in [0.1, 0.15) is 12.0 Å². The van der Waals surface area contributed by atoms with Crippen molar-refractivity contribution in [1.29, 1.82) is 0 Å². The molecule has 1 fully saturated rings. The molecule has 33 heavy (non-hydrogen) atoms. The number of β-lactam (4-membered cyclic amide) rings is 1. The summed E-state index contributed by atoms with van der Waals surface area (Å²) in [6.07, 6.45) is 3.60. The fourth-order valence-corrected chi connectivity index (χ4v) is 7.51. The van der Waals surface area contributed by atoms with Crippen LogP contribution in [0.4, 0.5) is 5.69 Å². The lowest BCUT2D eigenvalue weighted by molar-refractivity contribution is -0.384. The maximum atomic E-state index is 13.1. The first-order valence-corrected chi connectivity index (χ1v) is 12.1. The second kappa shape index (κ2) is 8.50. The first-order chi connectivity index (χ1) is 15.8. The lowest BCUT2D eigenvalue weighted by atomic mass is 9.92. The van der Waals surface area contributed by atoms with E-state index in [9.17, 15) is 24.8 Å². The van der Waals surface area contributed by atoms with E-state index in [1.807, 2.05) is 6.20 Å². The van der Waals surface area contributed by atoms with Gasteiger partial charge in [-0.3, -0.25) is 19.8 Å². The Kier molecular flexibility index (Phi) is 5.67. The van der Waals surface area contributed by atoms with E-state index in [-0.39, 0.29) is 34.5 Å². The highest BCUT2D eigenvalue weighted by molar-refractivity contribution is 8.23. The Balaban J connectivity index is 1.33. The minimum Gasteiger partial charge on any atom is -0.456 e. The zero-order chi connectivity index (χ0) is 23.3. The number of aliphatic hydroxyl groups is 1.